The number of aryl methyl sites for hydroxylation is 2. The van der Waals surface area contributed by atoms with Gasteiger partial charge in [0, 0.05) is 58.8 Å². The maximum absolute atomic E-state index is 13.7. The summed E-state index contributed by atoms with van der Waals surface area (Å²) in [4.78, 5) is 17.9. The van der Waals surface area contributed by atoms with Crippen LogP contribution in [0.1, 0.15) is 53.6 Å². The van der Waals surface area contributed by atoms with E-state index in [2.05, 4.69) is 30.9 Å². The third-order valence-corrected chi connectivity index (χ3v) is 9.00. The molecule has 0 saturated carbocycles. The third-order valence-electron chi connectivity index (χ3n) is 7.18. The Kier molecular flexibility index (Phi) is 7.71. The molecule has 8 heteroatoms. The zero-order valence-electron chi connectivity index (χ0n) is 21.3. The van der Waals surface area contributed by atoms with E-state index < -0.39 is 10.0 Å². The van der Waals surface area contributed by atoms with Crippen molar-refractivity contribution in [2.24, 2.45) is 0 Å². The molecule has 0 atom stereocenters. The molecule has 2 heterocycles. The Morgan fingerprint density at radius 3 is 2.23 bits per heavy atom. The number of likely N-dealkylation sites (tertiary alicyclic amines) is 1. The molecule has 0 spiro atoms. The van der Waals surface area contributed by atoms with E-state index in [1.807, 2.05) is 17.0 Å². The molecule has 2 fully saturated rings. The molecule has 2 aliphatic rings. The van der Waals surface area contributed by atoms with Crippen molar-refractivity contribution >= 4 is 21.6 Å². The molecule has 0 N–H and O–H groups in total. The van der Waals surface area contributed by atoms with Gasteiger partial charge in [0.05, 0.1) is 10.5 Å². The van der Waals surface area contributed by atoms with Crippen LogP contribution in [0.15, 0.2) is 41.3 Å². The third kappa shape index (κ3) is 5.64. The van der Waals surface area contributed by atoms with Gasteiger partial charge in [0.15, 0.2) is 0 Å². The van der Waals surface area contributed by atoms with Crippen molar-refractivity contribution in [3.05, 3.63) is 53.1 Å². The number of ether oxygens (including phenoxy) is 1. The average molecular weight is 500 g/mol. The maximum Gasteiger partial charge on any atom is 0.256 e. The second-order valence-corrected chi connectivity index (χ2v) is 12.0. The number of amides is 1. The number of carbonyl (C=O) groups is 1. The Balaban J connectivity index is 1.52. The monoisotopic (exact) mass is 499 g/mol. The highest BCUT2D eigenvalue weighted by atomic mass is 32.2. The van der Waals surface area contributed by atoms with Gasteiger partial charge in [0.2, 0.25) is 10.0 Å². The van der Waals surface area contributed by atoms with E-state index in [0.29, 0.717) is 18.7 Å². The standard InChI is InChI=1S/C27H37N3O4S/c1-20-8-9-23(18-21(20)2)34-22-12-16-30(17-13-22)27(31)25-19-24(35(32,33)28(3)4)10-11-26(25)29-14-6-5-7-15-29/h8-11,18-19,22H,5-7,12-17H2,1-4H3. The SMILES string of the molecule is Cc1ccc(OC2CCN(C(=O)c3cc(S(=O)(=O)N(C)C)ccc3N3CCCCC3)CC2)cc1C. The fourth-order valence-electron chi connectivity index (χ4n) is 4.80. The van der Waals surface area contributed by atoms with Gasteiger partial charge in [-0.15, -0.1) is 0 Å². The molecule has 1 amide bonds. The summed E-state index contributed by atoms with van der Waals surface area (Å²) in [6.07, 6.45) is 4.88. The summed E-state index contributed by atoms with van der Waals surface area (Å²) in [6, 6.07) is 11.1. The highest BCUT2D eigenvalue weighted by molar-refractivity contribution is 7.89. The summed E-state index contributed by atoms with van der Waals surface area (Å²) in [5, 5.41) is 0. The Labute approximate surface area is 209 Å². The lowest BCUT2D eigenvalue weighted by Crippen LogP contribution is -2.42. The Bertz CT molecular complexity index is 1160. The quantitative estimate of drug-likeness (QED) is 0.595. The van der Waals surface area contributed by atoms with Crippen LogP contribution < -0.4 is 9.64 Å². The van der Waals surface area contributed by atoms with Crippen LogP contribution in [-0.4, -0.2) is 69.9 Å². The van der Waals surface area contributed by atoms with Gasteiger partial charge in [-0.25, -0.2) is 12.7 Å². The Morgan fingerprint density at radius 1 is 0.914 bits per heavy atom. The first-order chi connectivity index (χ1) is 16.7. The van der Waals surface area contributed by atoms with Crippen LogP contribution in [0.5, 0.6) is 5.75 Å². The first kappa shape index (κ1) is 25.5. The number of anilines is 1. The second kappa shape index (κ2) is 10.6. The van der Waals surface area contributed by atoms with Gasteiger partial charge < -0.3 is 14.5 Å². The van der Waals surface area contributed by atoms with Gasteiger partial charge in [0.1, 0.15) is 11.9 Å². The molecular formula is C27H37N3O4S. The van der Waals surface area contributed by atoms with Crippen molar-refractivity contribution in [2.75, 3.05) is 45.2 Å². The normalized spacial score (nSPS) is 17.6. The van der Waals surface area contributed by atoms with E-state index >= 15 is 0 Å². The minimum atomic E-state index is -3.64. The number of rotatable bonds is 6. The Hall–Kier alpha value is -2.58. The van der Waals surface area contributed by atoms with Gasteiger partial charge in [-0.1, -0.05) is 6.07 Å². The first-order valence-electron chi connectivity index (χ1n) is 12.5. The van der Waals surface area contributed by atoms with Gasteiger partial charge in [0.25, 0.3) is 5.91 Å². The molecule has 0 unspecified atom stereocenters. The molecular weight excluding hydrogens is 462 g/mol. The van der Waals surface area contributed by atoms with Crippen LogP contribution in [-0.2, 0) is 10.0 Å². The second-order valence-electron chi connectivity index (χ2n) is 9.87. The van der Waals surface area contributed by atoms with Gasteiger partial charge in [-0.3, -0.25) is 4.79 Å². The fraction of sp³-hybridized carbons (Fsp3) is 0.519. The number of benzene rings is 2. The average Bonchev–Trinajstić information content (AvgIpc) is 2.86. The van der Waals surface area contributed by atoms with Crippen LogP contribution in [0.4, 0.5) is 5.69 Å². The lowest BCUT2D eigenvalue weighted by atomic mass is 10.0. The number of carbonyl (C=O) groups excluding carboxylic acids is 1. The zero-order chi connectivity index (χ0) is 25.2. The largest absolute Gasteiger partial charge is 0.490 e. The molecule has 7 nitrogen and oxygen atoms in total. The smallest absolute Gasteiger partial charge is 0.256 e. The molecule has 0 bridgehead atoms. The summed E-state index contributed by atoms with van der Waals surface area (Å²) < 4.78 is 33.0. The number of hydrogen-bond donors (Lipinski definition) is 0. The summed E-state index contributed by atoms with van der Waals surface area (Å²) in [5.74, 6) is 0.762. The van der Waals surface area contributed by atoms with E-state index in [1.165, 1.54) is 35.9 Å². The van der Waals surface area contributed by atoms with Crippen molar-refractivity contribution in [1.82, 2.24) is 9.21 Å². The molecule has 35 heavy (non-hydrogen) atoms. The predicted molar refractivity (Wildman–Crippen MR) is 139 cm³/mol. The van der Waals surface area contributed by atoms with Crippen molar-refractivity contribution in [3.63, 3.8) is 0 Å². The van der Waals surface area contributed by atoms with E-state index in [9.17, 15) is 13.2 Å². The van der Waals surface area contributed by atoms with Crippen LogP contribution in [0.3, 0.4) is 0 Å². The van der Waals surface area contributed by atoms with Gasteiger partial charge in [-0.2, -0.15) is 0 Å². The van der Waals surface area contributed by atoms with E-state index in [0.717, 1.165) is 50.2 Å². The zero-order valence-corrected chi connectivity index (χ0v) is 22.1. The van der Waals surface area contributed by atoms with Crippen LogP contribution in [0.2, 0.25) is 0 Å². The summed E-state index contributed by atoms with van der Waals surface area (Å²) in [6.45, 7) is 7.09. The lowest BCUT2D eigenvalue weighted by Gasteiger charge is -2.35. The van der Waals surface area contributed by atoms with E-state index in [1.54, 1.807) is 12.1 Å². The minimum absolute atomic E-state index is 0.0585. The predicted octanol–water partition coefficient (Wildman–Crippen LogP) is 4.23. The van der Waals surface area contributed by atoms with Crippen LogP contribution in [0, 0.1) is 13.8 Å². The summed E-state index contributed by atoms with van der Waals surface area (Å²) in [5.41, 5.74) is 3.75. The molecule has 0 aliphatic carbocycles. The molecule has 0 aromatic heterocycles. The highest BCUT2D eigenvalue weighted by Gasteiger charge is 2.29. The van der Waals surface area contributed by atoms with Crippen LogP contribution >= 0.6 is 0 Å². The van der Waals surface area contributed by atoms with E-state index in [-0.39, 0.29) is 16.9 Å². The highest BCUT2D eigenvalue weighted by Crippen LogP contribution is 2.30. The number of sulfonamides is 1. The van der Waals surface area contributed by atoms with Gasteiger partial charge >= 0.3 is 0 Å². The lowest BCUT2D eigenvalue weighted by molar-refractivity contribution is 0.0595. The van der Waals surface area contributed by atoms with Crippen molar-refractivity contribution in [1.29, 1.82) is 0 Å². The van der Waals surface area contributed by atoms with Crippen molar-refractivity contribution in [2.45, 2.75) is 57.0 Å². The van der Waals surface area contributed by atoms with Crippen molar-refractivity contribution in [3.8, 4) is 5.75 Å². The molecule has 0 radical (unpaired) electrons. The molecule has 190 valence electrons. The Morgan fingerprint density at radius 2 is 1.60 bits per heavy atom. The first-order valence-corrected chi connectivity index (χ1v) is 14.0. The summed E-state index contributed by atoms with van der Waals surface area (Å²) in [7, 11) is -0.618. The fourth-order valence-corrected chi connectivity index (χ4v) is 5.72. The van der Waals surface area contributed by atoms with E-state index in [4.69, 9.17) is 4.74 Å². The number of piperidine rings is 2. The maximum atomic E-state index is 13.7. The molecule has 2 aromatic rings. The topological polar surface area (TPSA) is 70.2 Å². The molecule has 2 saturated heterocycles. The summed E-state index contributed by atoms with van der Waals surface area (Å²) >= 11 is 0. The minimum Gasteiger partial charge on any atom is -0.490 e. The van der Waals surface area contributed by atoms with Gasteiger partial charge in [-0.05, 0) is 74.6 Å². The molecule has 4 rings (SSSR count). The van der Waals surface area contributed by atoms with Crippen LogP contribution in [0.25, 0.3) is 0 Å². The molecule has 2 aromatic carbocycles. The molecule has 2 aliphatic heterocycles. The van der Waals surface area contributed by atoms with Crippen molar-refractivity contribution < 1.29 is 17.9 Å². The number of nitrogens with zero attached hydrogens (tertiary/aromatic N) is 3. The number of hydrogen-bond acceptors (Lipinski definition) is 5.